The third-order valence-electron chi connectivity index (χ3n) is 10.4. The van der Waals surface area contributed by atoms with Gasteiger partial charge in [0.05, 0.1) is 25.6 Å². The number of hydrogen-bond acceptors (Lipinski definition) is 19. The molecule has 414 valence electrons. The predicted octanol–water partition coefficient (Wildman–Crippen LogP) is 4.89. The molecule has 0 saturated carbocycles. The van der Waals surface area contributed by atoms with Crippen LogP contribution in [0.4, 0.5) is 5.82 Å². The maximum Gasteiger partial charge on any atom is 0.481 e. The number of thioether (sulfide) groups is 1. The Labute approximate surface area is 433 Å². The minimum absolute atomic E-state index is 0.0242. The second-order valence-electron chi connectivity index (χ2n) is 17.1. The van der Waals surface area contributed by atoms with Gasteiger partial charge in [0.25, 0.3) is 0 Å². The van der Waals surface area contributed by atoms with Crippen molar-refractivity contribution in [1.29, 1.82) is 0 Å². The van der Waals surface area contributed by atoms with Crippen LogP contribution in [0.1, 0.15) is 91.2 Å². The minimum Gasteiger partial charge on any atom is -0.393 e. The summed E-state index contributed by atoms with van der Waals surface area (Å²) in [5, 5.41) is 36.6. The van der Waals surface area contributed by atoms with Gasteiger partial charge in [-0.25, -0.2) is 28.6 Å². The average Bonchev–Trinajstić information content (AvgIpc) is 3.89. The van der Waals surface area contributed by atoms with E-state index in [1.165, 1.54) is 13.8 Å². The number of aromatic nitrogens is 4. The van der Waals surface area contributed by atoms with Crippen LogP contribution >= 0.6 is 35.2 Å². The maximum atomic E-state index is 12.8. The smallest absolute Gasteiger partial charge is 0.393 e. The molecule has 74 heavy (non-hydrogen) atoms. The van der Waals surface area contributed by atoms with Crippen molar-refractivity contribution in [1.82, 2.24) is 30.2 Å². The molecule has 0 spiro atoms. The predicted molar refractivity (Wildman–Crippen MR) is 275 cm³/mol. The highest BCUT2D eigenvalue weighted by molar-refractivity contribution is 8.13. The first kappa shape index (κ1) is 64.2. The molecule has 2 amide bonds. The highest BCUT2D eigenvalue weighted by Crippen LogP contribution is 2.61. The zero-order valence-corrected chi connectivity index (χ0v) is 44.9. The van der Waals surface area contributed by atoms with Gasteiger partial charge in [0.2, 0.25) is 11.8 Å². The lowest BCUT2D eigenvalue weighted by atomic mass is 9.87. The number of carbonyl (C=O) groups is 3. The molecule has 1 saturated heterocycles. The lowest BCUT2D eigenvalue weighted by Gasteiger charge is -2.30. The number of fused-ring (bicyclic) bond motifs is 1. The minimum atomic E-state index is -5.60. The van der Waals surface area contributed by atoms with Crippen molar-refractivity contribution in [3.63, 3.8) is 0 Å². The molecule has 1 aliphatic heterocycles. The van der Waals surface area contributed by atoms with Gasteiger partial charge in [0.1, 0.15) is 36.3 Å². The standard InChI is InChI=1S/C45H70N7O18P3S/c1-4-5-6-7-8-9-10-11-12-13-14-15-16-17-18-19-20-21-22-23-33(53)28-36(55)74-27-26-47-35(54)24-25-48-43(58)40(57)45(2,3)30-67-73(64,65)70-72(62,63)66-29-34-39(69-71(59,60)61)38(56)44(68-34)52-32-51-37-41(46)49-31-50-42(37)52/h5-6,8-9,11-12,14-15,17-18,20-21,31-34,38-40,44,53,56-57H,4,7,10,13,16,19,22-30H2,1-3H3,(H,47,54)(H,48,58)(H,62,63)(H,64,65)(H2,46,49,50)(H2,59,60,61)/b6-5-,9-8-,12-11-,15-14-,18-17-,21-20-/t33-,34-,38+,39+,40-,44-/m0/s1. The van der Waals surface area contributed by atoms with E-state index in [2.05, 4.69) is 102 Å². The Morgan fingerprint density at radius 1 is 0.851 bits per heavy atom. The summed E-state index contributed by atoms with van der Waals surface area (Å²) in [6.07, 6.45) is 24.0. The van der Waals surface area contributed by atoms with Crippen LogP contribution in [0.3, 0.4) is 0 Å². The summed E-state index contributed by atoms with van der Waals surface area (Å²) in [6, 6.07) is 0. The summed E-state index contributed by atoms with van der Waals surface area (Å²) < 4.78 is 62.5. The molecule has 3 heterocycles. The second kappa shape index (κ2) is 32.5. The normalized spacial score (nSPS) is 20.4. The molecule has 1 aliphatic rings. The summed E-state index contributed by atoms with van der Waals surface area (Å²) >= 11 is 0.964. The van der Waals surface area contributed by atoms with Crippen molar-refractivity contribution in [2.45, 2.75) is 122 Å². The molecule has 0 radical (unpaired) electrons. The second-order valence-corrected chi connectivity index (χ2v) is 22.5. The van der Waals surface area contributed by atoms with E-state index in [1.807, 2.05) is 12.2 Å². The maximum absolute atomic E-state index is 12.8. The molecular weight excluding hydrogens is 1050 g/mol. The third-order valence-corrected chi connectivity index (χ3v) is 14.4. The zero-order chi connectivity index (χ0) is 54.8. The number of ether oxygens (including phenoxy) is 1. The van der Waals surface area contributed by atoms with E-state index in [9.17, 15) is 63.0 Å². The van der Waals surface area contributed by atoms with E-state index in [1.54, 1.807) is 0 Å². The summed E-state index contributed by atoms with van der Waals surface area (Å²) in [4.78, 5) is 88.5. The van der Waals surface area contributed by atoms with Crippen molar-refractivity contribution in [3.8, 4) is 0 Å². The van der Waals surface area contributed by atoms with Crippen LogP contribution in [-0.2, 0) is 50.7 Å². The molecule has 0 bridgehead atoms. The number of nitrogens with zero attached hydrogens (tertiary/aromatic N) is 4. The molecule has 25 nitrogen and oxygen atoms in total. The molecule has 0 aliphatic carbocycles. The molecule has 1 fully saturated rings. The van der Waals surface area contributed by atoms with Crippen LogP contribution in [0.15, 0.2) is 85.6 Å². The Kier molecular flexibility index (Phi) is 28.2. The van der Waals surface area contributed by atoms with Crippen molar-refractivity contribution in [2.24, 2.45) is 5.41 Å². The van der Waals surface area contributed by atoms with Crippen molar-refractivity contribution < 1.29 is 85.6 Å². The number of aliphatic hydroxyl groups is 3. The van der Waals surface area contributed by atoms with Crippen molar-refractivity contribution in [3.05, 3.63) is 85.6 Å². The molecule has 3 rings (SSSR count). The number of imidazole rings is 1. The number of carbonyl (C=O) groups excluding carboxylic acids is 3. The van der Waals surface area contributed by atoms with E-state index in [0.717, 1.165) is 67.5 Å². The van der Waals surface area contributed by atoms with Crippen molar-refractivity contribution in [2.75, 3.05) is 37.8 Å². The van der Waals surface area contributed by atoms with Gasteiger partial charge in [-0.15, -0.1) is 0 Å². The first-order valence-corrected chi connectivity index (χ1v) is 29.1. The third kappa shape index (κ3) is 24.7. The highest BCUT2D eigenvalue weighted by Gasteiger charge is 2.50. The Balaban J connectivity index is 1.28. The van der Waals surface area contributed by atoms with Crippen LogP contribution < -0.4 is 16.4 Å². The molecule has 2 aromatic rings. The number of nitrogens with one attached hydrogen (secondary N) is 2. The molecule has 2 aromatic heterocycles. The number of aliphatic hydroxyl groups excluding tert-OH is 3. The lowest BCUT2D eigenvalue weighted by molar-refractivity contribution is -0.137. The van der Waals surface area contributed by atoms with Gasteiger partial charge in [-0.2, -0.15) is 4.31 Å². The fraction of sp³-hybridized carbons (Fsp3) is 0.556. The quantitative estimate of drug-likeness (QED) is 0.0249. The first-order chi connectivity index (χ1) is 34.9. The number of nitrogen functional groups attached to an aromatic ring is 1. The Morgan fingerprint density at radius 2 is 1.43 bits per heavy atom. The molecule has 8 atom stereocenters. The lowest BCUT2D eigenvalue weighted by Crippen LogP contribution is -2.46. The fourth-order valence-electron chi connectivity index (χ4n) is 6.58. The van der Waals surface area contributed by atoms with E-state index < -0.39 is 90.7 Å². The number of anilines is 1. The van der Waals surface area contributed by atoms with Crippen LogP contribution in [0.2, 0.25) is 0 Å². The van der Waals surface area contributed by atoms with Gasteiger partial charge in [-0.3, -0.25) is 32.5 Å². The number of hydrogen-bond donors (Lipinski definition) is 10. The summed E-state index contributed by atoms with van der Waals surface area (Å²) in [7, 11) is -16.5. The number of rotatable bonds is 35. The topological polar surface area (TPSA) is 384 Å². The van der Waals surface area contributed by atoms with Gasteiger partial charge in [0.15, 0.2) is 22.8 Å². The zero-order valence-electron chi connectivity index (χ0n) is 41.4. The molecule has 2 unspecified atom stereocenters. The Morgan fingerprint density at radius 3 is 2.03 bits per heavy atom. The van der Waals surface area contributed by atoms with Gasteiger partial charge in [-0.1, -0.05) is 105 Å². The average molecular weight is 1120 g/mol. The number of nitrogens with two attached hydrogens (primary N) is 1. The monoisotopic (exact) mass is 1120 g/mol. The van der Waals surface area contributed by atoms with E-state index in [4.69, 9.17) is 19.5 Å². The first-order valence-electron chi connectivity index (χ1n) is 23.6. The number of allylic oxidation sites excluding steroid dienone is 12. The molecule has 29 heteroatoms. The van der Waals surface area contributed by atoms with Gasteiger partial charge < -0.3 is 56.0 Å². The summed E-state index contributed by atoms with van der Waals surface area (Å²) in [6.45, 7) is 2.45. The van der Waals surface area contributed by atoms with Crippen LogP contribution in [0.5, 0.6) is 0 Å². The SMILES string of the molecule is CC/C=C\C/C=C\C/C=C\C/C=C\C/C=C\C/C=C\CC[C@H](O)CC(=O)SCCNC(=O)CCNC(=O)[C@H](O)C(C)(C)COP(=O)(O)OP(=O)(O)OC[C@@H]1O[C@H](n2cnc3c(N)ncnc32)[C@H](O)[C@@H]1OP(=O)(O)O. The molecule has 11 N–H and O–H groups in total. The van der Waals surface area contributed by atoms with E-state index in [-0.39, 0.29) is 53.8 Å². The number of phosphoric acid groups is 3. The van der Waals surface area contributed by atoms with E-state index in [0.29, 0.717) is 12.8 Å². The van der Waals surface area contributed by atoms with Crippen molar-refractivity contribution >= 4 is 69.1 Å². The summed E-state index contributed by atoms with van der Waals surface area (Å²) in [5.74, 6) is -1.28. The number of phosphoric ester groups is 3. The molecule has 0 aromatic carbocycles. The van der Waals surface area contributed by atoms with Gasteiger partial charge >= 0.3 is 23.5 Å². The van der Waals surface area contributed by atoms with Gasteiger partial charge in [0, 0.05) is 37.1 Å². The summed E-state index contributed by atoms with van der Waals surface area (Å²) in [5.41, 5.74) is 4.24. The van der Waals surface area contributed by atoms with Crippen LogP contribution in [-0.4, -0.2) is 134 Å². The van der Waals surface area contributed by atoms with Crippen LogP contribution in [0, 0.1) is 5.41 Å². The van der Waals surface area contributed by atoms with E-state index >= 15 is 0 Å². The fourth-order valence-corrected chi connectivity index (χ4v) is 10.1. The highest BCUT2D eigenvalue weighted by atomic mass is 32.2. The number of amides is 2. The Bertz CT molecular complexity index is 2430. The van der Waals surface area contributed by atoms with Crippen LogP contribution in [0.25, 0.3) is 11.2 Å². The van der Waals surface area contributed by atoms with Gasteiger partial charge in [-0.05, 0) is 51.4 Å². The largest absolute Gasteiger partial charge is 0.481 e. The molecular formula is C45H70N7O18P3S. The Hall–Kier alpha value is -4.04.